The fourth-order valence-electron chi connectivity index (χ4n) is 2.41. The van der Waals surface area contributed by atoms with Crippen LogP contribution < -0.4 is 10.6 Å². The zero-order valence-electron chi connectivity index (χ0n) is 11.7. The molecular formula is C14H20N4OS. The van der Waals surface area contributed by atoms with Crippen LogP contribution in [0, 0.1) is 0 Å². The number of nitrogens with zero attached hydrogens (tertiary/aromatic N) is 2. The lowest BCUT2D eigenvalue weighted by Crippen LogP contribution is -2.27. The molecule has 0 aromatic carbocycles. The second-order valence-corrected chi connectivity index (χ2v) is 5.83. The molecule has 5 nitrogen and oxygen atoms in total. The summed E-state index contributed by atoms with van der Waals surface area (Å²) in [7, 11) is 0. The fourth-order valence-corrected chi connectivity index (χ4v) is 3.17. The highest BCUT2D eigenvalue weighted by Crippen LogP contribution is 2.26. The van der Waals surface area contributed by atoms with Gasteiger partial charge in [0, 0.05) is 19.7 Å². The van der Waals surface area contributed by atoms with Crippen molar-refractivity contribution in [3.05, 3.63) is 11.4 Å². The molecule has 0 amide bonds. The Kier molecular flexibility index (Phi) is 4.32. The molecule has 0 aliphatic carbocycles. The zero-order valence-corrected chi connectivity index (χ0v) is 12.5. The van der Waals surface area contributed by atoms with Gasteiger partial charge in [-0.05, 0) is 37.6 Å². The monoisotopic (exact) mass is 292 g/mol. The molecule has 0 saturated carbocycles. The van der Waals surface area contributed by atoms with Gasteiger partial charge in [-0.15, -0.1) is 11.3 Å². The van der Waals surface area contributed by atoms with Crippen molar-refractivity contribution in [2.75, 3.05) is 30.3 Å². The molecule has 1 aliphatic heterocycles. The molecular weight excluding hydrogens is 272 g/mol. The van der Waals surface area contributed by atoms with Crippen molar-refractivity contribution in [3.63, 3.8) is 0 Å². The molecule has 0 bridgehead atoms. The summed E-state index contributed by atoms with van der Waals surface area (Å²) >= 11 is 1.64. The highest BCUT2D eigenvalue weighted by atomic mass is 32.1. The Morgan fingerprint density at radius 2 is 2.30 bits per heavy atom. The largest absolute Gasteiger partial charge is 0.376 e. The van der Waals surface area contributed by atoms with Crippen LogP contribution in [-0.4, -0.2) is 35.8 Å². The highest BCUT2D eigenvalue weighted by Gasteiger charge is 2.15. The molecule has 0 radical (unpaired) electrons. The number of fused-ring (bicyclic) bond motifs is 1. The second-order valence-electron chi connectivity index (χ2n) is 4.94. The first kappa shape index (κ1) is 13.6. The summed E-state index contributed by atoms with van der Waals surface area (Å²) in [4.78, 5) is 10.1. The van der Waals surface area contributed by atoms with E-state index in [1.807, 2.05) is 6.92 Å². The lowest BCUT2D eigenvalue weighted by Gasteiger charge is -2.23. The molecule has 1 fully saturated rings. The van der Waals surface area contributed by atoms with E-state index in [0.717, 1.165) is 42.2 Å². The number of hydrogen-bond donors (Lipinski definition) is 2. The lowest BCUT2D eigenvalue weighted by atomic mass is 10.1. The Morgan fingerprint density at radius 1 is 1.35 bits per heavy atom. The summed E-state index contributed by atoms with van der Waals surface area (Å²) in [6, 6.07) is 2.07. The molecule has 20 heavy (non-hydrogen) atoms. The zero-order chi connectivity index (χ0) is 13.8. The predicted molar refractivity (Wildman–Crippen MR) is 83.7 cm³/mol. The average Bonchev–Trinajstić information content (AvgIpc) is 2.95. The first-order chi connectivity index (χ1) is 9.86. The van der Waals surface area contributed by atoms with Gasteiger partial charge in [-0.1, -0.05) is 0 Å². The maximum atomic E-state index is 5.75. The smallest absolute Gasteiger partial charge is 0.226 e. The van der Waals surface area contributed by atoms with E-state index in [-0.39, 0.29) is 0 Å². The Labute approximate surface area is 122 Å². The molecule has 1 saturated heterocycles. The molecule has 2 aromatic rings. The van der Waals surface area contributed by atoms with Gasteiger partial charge < -0.3 is 15.4 Å². The number of hydrogen-bond acceptors (Lipinski definition) is 6. The Hall–Kier alpha value is -1.40. The summed E-state index contributed by atoms with van der Waals surface area (Å²) in [6.45, 7) is 4.56. The maximum Gasteiger partial charge on any atom is 0.226 e. The molecule has 108 valence electrons. The topological polar surface area (TPSA) is 59.1 Å². The summed E-state index contributed by atoms with van der Waals surface area (Å²) in [6.07, 6.45) is 3.87. The van der Waals surface area contributed by atoms with Crippen molar-refractivity contribution in [1.82, 2.24) is 9.97 Å². The van der Waals surface area contributed by atoms with Gasteiger partial charge in [-0.2, -0.15) is 4.98 Å². The van der Waals surface area contributed by atoms with Gasteiger partial charge in [-0.3, -0.25) is 0 Å². The average molecular weight is 292 g/mol. The molecule has 0 spiro atoms. The summed E-state index contributed by atoms with van der Waals surface area (Å²) < 4.78 is 5.75. The predicted octanol–water partition coefficient (Wildman–Crippen LogP) is 3.10. The Morgan fingerprint density at radius 3 is 3.10 bits per heavy atom. The standard InChI is InChI=1S/C14H20N4OS/c1-2-15-14-17-12(11-6-8-20-13(11)18-14)16-9-10-5-3-4-7-19-10/h6,8,10H,2-5,7,9H2,1H3,(H2,15,16,17,18). The van der Waals surface area contributed by atoms with Crippen LogP contribution >= 0.6 is 11.3 Å². The van der Waals surface area contributed by atoms with Crippen molar-refractivity contribution in [2.24, 2.45) is 0 Å². The number of nitrogens with one attached hydrogen (secondary N) is 2. The normalized spacial score (nSPS) is 19.1. The lowest BCUT2D eigenvalue weighted by molar-refractivity contribution is 0.0247. The van der Waals surface area contributed by atoms with E-state index in [1.165, 1.54) is 12.8 Å². The third kappa shape index (κ3) is 3.02. The van der Waals surface area contributed by atoms with Gasteiger partial charge >= 0.3 is 0 Å². The molecule has 3 rings (SSSR count). The second kappa shape index (κ2) is 6.37. The van der Waals surface area contributed by atoms with Crippen LogP contribution in [0.4, 0.5) is 11.8 Å². The van der Waals surface area contributed by atoms with Crippen LogP contribution in [0.25, 0.3) is 10.2 Å². The number of anilines is 2. The van der Waals surface area contributed by atoms with Gasteiger partial charge in [0.25, 0.3) is 0 Å². The minimum absolute atomic E-state index is 0.301. The molecule has 1 unspecified atom stereocenters. The molecule has 6 heteroatoms. The van der Waals surface area contributed by atoms with Crippen LogP contribution in [0.1, 0.15) is 26.2 Å². The number of thiophene rings is 1. The highest BCUT2D eigenvalue weighted by molar-refractivity contribution is 7.16. The number of ether oxygens (including phenoxy) is 1. The first-order valence-corrected chi connectivity index (χ1v) is 8.09. The van der Waals surface area contributed by atoms with E-state index in [0.29, 0.717) is 12.1 Å². The maximum absolute atomic E-state index is 5.75. The Bertz CT molecular complexity index is 565. The van der Waals surface area contributed by atoms with Crippen LogP contribution in [0.5, 0.6) is 0 Å². The molecule has 2 N–H and O–H groups in total. The van der Waals surface area contributed by atoms with Gasteiger partial charge in [0.1, 0.15) is 10.6 Å². The van der Waals surface area contributed by atoms with Gasteiger partial charge in [0.15, 0.2) is 0 Å². The minimum atomic E-state index is 0.301. The van der Waals surface area contributed by atoms with Crippen molar-refractivity contribution in [1.29, 1.82) is 0 Å². The van der Waals surface area contributed by atoms with E-state index in [9.17, 15) is 0 Å². The summed E-state index contributed by atoms with van der Waals surface area (Å²) in [5.74, 6) is 1.59. The molecule has 1 atom stereocenters. The van der Waals surface area contributed by atoms with Crippen molar-refractivity contribution >= 4 is 33.3 Å². The third-order valence-electron chi connectivity index (χ3n) is 3.43. The SMILES string of the molecule is CCNc1nc(NCC2CCCCO2)c2ccsc2n1. The van der Waals surface area contributed by atoms with Gasteiger partial charge in [0.05, 0.1) is 11.5 Å². The Balaban J connectivity index is 1.76. The van der Waals surface area contributed by atoms with E-state index >= 15 is 0 Å². The van der Waals surface area contributed by atoms with E-state index in [1.54, 1.807) is 11.3 Å². The minimum Gasteiger partial charge on any atom is -0.376 e. The van der Waals surface area contributed by atoms with Crippen molar-refractivity contribution in [3.8, 4) is 0 Å². The molecule has 3 heterocycles. The van der Waals surface area contributed by atoms with Gasteiger partial charge in [0.2, 0.25) is 5.95 Å². The number of aromatic nitrogens is 2. The first-order valence-electron chi connectivity index (χ1n) is 7.21. The molecule has 1 aliphatic rings. The fraction of sp³-hybridized carbons (Fsp3) is 0.571. The molecule has 2 aromatic heterocycles. The quantitative estimate of drug-likeness (QED) is 0.886. The van der Waals surface area contributed by atoms with E-state index in [4.69, 9.17) is 4.74 Å². The van der Waals surface area contributed by atoms with E-state index in [2.05, 4.69) is 32.0 Å². The van der Waals surface area contributed by atoms with Crippen LogP contribution in [0.2, 0.25) is 0 Å². The third-order valence-corrected chi connectivity index (χ3v) is 4.24. The van der Waals surface area contributed by atoms with Crippen LogP contribution in [0.15, 0.2) is 11.4 Å². The summed E-state index contributed by atoms with van der Waals surface area (Å²) in [5, 5.41) is 9.76. The van der Waals surface area contributed by atoms with Gasteiger partial charge in [-0.25, -0.2) is 4.98 Å². The number of rotatable bonds is 5. The van der Waals surface area contributed by atoms with Crippen molar-refractivity contribution < 1.29 is 4.74 Å². The summed E-state index contributed by atoms with van der Waals surface area (Å²) in [5.41, 5.74) is 0. The van der Waals surface area contributed by atoms with Crippen molar-refractivity contribution in [2.45, 2.75) is 32.3 Å². The van der Waals surface area contributed by atoms with E-state index < -0.39 is 0 Å². The van der Waals surface area contributed by atoms with Crippen LogP contribution in [0.3, 0.4) is 0 Å². The van der Waals surface area contributed by atoms with Crippen LogP contribution in [-0.2, 0) is 4.74 Å².